The number of nitrogens with one attached hydrogen (secondary N) is 2. The van der Waals surface area contributed by atoms with Crippen molar-refractivity contribution in [1.82, 2.24) is 10.6 Å². The molecule has 2 N–H and O–H groups in total. The average molecular weight is 382 g/mol. The molecule has 0 spiro atoms. The molecular formula is C21H22N2O5. The van der Waals surface area contributed by atoms with E-state index in [0.717, 1.165) is 6.42 Å². The Kier molecular flexibility index (Phi) is 5.93. The van der Waals surface area contributed by atoms with Gasteiger partial charge in [-0.3, -0.25) is 14.9 Å². The summed E-state index contributed by atoms with van der Waals surface area (Å²) in [6, 6.07) is 13.7. The zero-order valence-corrected chi connectivity index (χ0v) is 15.7. The molecule has 1 heterocycles. The maximum atomic E-state index is 12.8. The predicted octanol–water partition coefficient (Wildman–Crippen LogP) is 3.09. The first kappa shape index (κ1) is 19.4. The molecule has 0 aromatic heterocycles. The van der Waals surface area contributed by atoms with Crippen molar-refractivity contribution in [1.29, 1.82) is 0 Å². The first-order valence-corrected chi connectivity index (χ1v) is 9.12. The molecule has 1 aliphatic heterocycles. The molecule has 3 rings (SSSR count). The molecule has 0 fully saturated rings. The van der Waals surface area contributed by atoms with Crippen molar-refractivity contribution >= 4 is 17.9 Å². The first-order chi connectivity index (χ1) is 13.5. The third kappa shape index (κ3) is 4.31. The van der Waals surface area contributed by atoms with E-state index in [4.69, 9.17) is 9.47 Å². The van der Waals surface area contributed by atoms with Crippen LogP contribution in [0.15, 0.2) is 48.5 Å². The number of para-hydroxylation sites is 2. The largest absolute Gasteiger partial charge is 0.457 e. The van der Waals surface area contributed by atoms with E-state index >= 15 is 0 Å². The Morgan fingerprint density at radius 1 is 1.04 bits per heavy atom. The van der Waals surface area contributed by atoms with Gasteiger partial charge in [0.2, 0.25) is 0 Å². The molecule has 0 saturated carbocycles. The lowest BCUT2D eigenvalue weighted by Gasteiger charge is -2.26. The van der Waals surface area contributed by atoms with E-state index in [9.17, 15) is 14.4 Å². The van der Waals surface area contributed by atoms with Gasteiger partial charge in [-0.25, -0.2) is 4.79 Å². The second kappa shape index (κ2) is 8.56. The van der Waals surface area contributed by atoms with Gasteiger partial charge in [-0.05, 0) is 25.5 Å². The minimum absolute atomic E-state index is 0.0643. The SMILES string of the molecule is CC[C@H](C)NC(=O)NC(=O)COC(=O)C1c2ccccc2Oc2ccccc21. The van der Waals surface area contributed by atoms with Crippen molar-refractivity contribution in [2.24, 2.45) is 0 Å². The van der Waals surface area contributed by atoms with E-state index in [1.165, 1.54) is 0 Å². The third-order valence-electron chi connectivity index (χ3n) is 4.50. The highest BCUT2D eigenvalue weighted by Crippen LogP contribution is 2.44. The Hall–Kier alpha value is -3.35. The second-order valence-electron chi connectivity index (χ2n) is 6.55. The molecule has 28 heavy (non-hydrogen) atoms. The van der Waals surface area contributed by atoms with E-state index in [0.29, 0.717) is 22.6 Å². The van der Waals surface area contributed by atoms with Gasteiger partial charge in [-0.15, -0.1) is 0 Å². The third-order valence-corrected chi connectivity index (χ3v) is 4.50. The molecule has 7 heteroatoms. The molecule has 0 unspecified atom stereocenters. The van der Waals surface area contributed by atoms with Crippen molar-refractivity contribution < 1.29 is 23.9 Å². The molecular weight excluding hydrogens is 360 g/mol. The lowest BCUT2D eigenvalue weighted by atomic mass is 9.88. The van der Waals surface area contributed by atoms with Crippen molar-refractivity contribution in [3.05, 3.63) is 59.7 Å². The highest BCUT2D eigenvalue weighted by Gasteiger charge is 2.33. The number of urea groups is 1. The van der Waals surface area contributed by atoms with Crippen molar-refractivity contribution in [2.45, 2.75) is 32.2 Å². The molecule has 7 nitrogen and oxygen atoms in total. The number of hydrogen-bond acceptors (Lipinski definition) is 5. The Labute approximate surface area is 163 Å². The Morgan fingerprint density at radius 3 is 2.18 bits per heavy atom. The van der Waals surface area contributed by atoms with Gasteiger partial charge in [0, 0.05) is 17.2 Å². The summed E-state index contributed by atoms with van der Waals surface area (Å²) < 4.78 is 11.0. The summed E-state index contributed by atoms with van der Waals surface area (Å²) >= 11 is 0. The zero-order valence-electron chi connectivity index (χ0n) is 15.7. The van der Waals surface area contributed by atoms with E-state index < -0.39 is 30.4 Å². The topological polar surface area (TPSA) is 93.7 Å². The van der Waals surface area contributed by atoms with Crippen LogP contribution in [0.4, 0.5) is 4.79 Å². The number of carbonyl (C=O) groups excluding carboxylic acids is 3. The summed E-state index contributed by atoms with van der Waals surface area (Å²) in [5.74, 6) is -0.840. The van der Waals surface area contributed by atoms with Crippen LogP contribution in [0.3, 0.4) is 0 Å². The molecule has 0 aliphatic carbocycles. The van der Waals surface area contributed by atoms with Crippen molar-refractivity contribution in [3.63, 3.8) is 0 Å². The van der Waals surface area contributed by atoms with Crippen LogP contribution in [0.2, 0.25) is 0 Å². The van der Waals surface area contributed by atoms with Crippen LogP contribution in [0.5, 0.6) is 11.5 Å². The average Bonchev–Trinajstić information content (AvgIpc) is 2.69. The van der Waals surface area contributed by atoms with Gasteiger partial charge >= 0.3 is 12.0 Å². The molecule has 0 saturated heterocycles. The summed E-state index contributed by atoms with van der Waals surface area (Å²) in [4.78, 5) is 36.4. The minimum atomic E-state index is -0.706. The van der Waals surface area contributed by atoms with Crippen LogP contribution in [0.1, 0.15) is 37.3 Å². The molecule has 3 amide bonds. The zero-order chi connectivity index (χ0) is 20.1. The van der Waals surface area contributed by atoms with Crippen LogP contribution < -0.4 is 15.4 Å². The van der Waals surface area contributed by atoms with Gasteiger partial charge in [-0.2, -0.15) is 0 Å². The molecule has 146 valence electrons. The molecule has 1 atom stereocenters. The lowest BCUT2D eigenvalue weighted by molar-refractivity contribution is -0.149. The van der Waals surface area contributed by atoms with Crippen molar-refractivity contribution in [3.8, 4) is 11.5 Å². The van der Waals surface area contributed by atoms with Crippen molar-refractivity contribution in [2.75, 3.05) is 6.61 Å². The summed E-state index contributed by atoms with van der Waals surface area (Å²) in [5.41, 5.74) is 1.34. The number of imide groups is 1. The second-order valence-corrected chi connectivity index (χ2v) is 6.55. The Morgan fingerprint density at radius 2 is 1.61 bits per heavy atom. The summed E-state index contributed by atoms with van der Waals surface area (Å²) in [5, 5.41) is 4.76. The quantitative estimate of drug-likeness (QED) is 0.775. The lowest BCUT2D eigenvalue weighted by Crippen LogP contribution is -2.44. The van der Waals surface area contributed by atoms with Crippen LogP contribution in [0, 0.1) is 0 Å². The summed E-state index contributed by atoms with van der Waals surface area (Å²) in [6.45, 7) is 3.19. The molecule has 2 aromatic carbocycles. The monoisotopic (exact) mass is 382 g/mol. The normalized spacial score (nSPS) is 13.4. The van der Waals surface area contributed by atoms with Gasteiger partial charge in [0.25, 0.3) is 5.91 Å². The minimum Gasteiger partial charge on any atom is -0.457 e. The van der Waals surface area contributed by atoms with E-state index in [2.05, 4.69) is 10.6 Å². The molecule has 0 radical (unpaired) electrons. The number of benzene rings is 2. The van der Waals surface area contributed by atoms with E-state index in [1.54, 1.807) is 24.3 Å². The van der Waals surface area contributed by atoms with E-state index in [1.807, 2.05) is 38.1 Å². The number of amides is 3. The molecule has 2 aromatic rings. The van der Waals surface area contributed by atoms with E-state index in [-0.39, 0.29) is 6.04 Å². The Balaban J connectivity index is 1.68. The van der Waals surface area contributed by atoms with Gasteiger partial charge in [0.1, 0.15) is 17.4 Å². The number of rotatable bonds is 5. The number of fused-ring (bicyclic) bond motifs is 2. The molecule has 1 aliphatic rings. The Bertz CT molecular complexity index is 850. The van der Waals surface area contributed by atoms with Gasteiger partial charge in [0.15, 0.2) is 6.61 Å². The standard InChI is InChI=1S/C21H22N2O5/c1-3-13(2)22-21(26)23-18(24)12-27-20(25)19-14-8-4-6-10-16(14)28-17-11-7-5-9-15(17)19/h4-11,13,19H,3,12H2,1-2H3,(H2,22,23,24,26)/t13-/m0/s1. The maximum Gasteiger partial charge on any atom is 0.321 e. The molecule has 0 bridgehead atoms. The first-order valence-electron chi connectivity index (χ1n) is 9.12. The number of carbonyl (C=O) groups is 3. The highest BCUT2D eigenvalue weighted by molar-refractivity contribution is 5.96. The van der Waals surface area contributed by atoms with Crippen LogP contribution >= 0.6 is 0 Å². The van der Waals surface area contributed by atoms with Crippen LogP contribution in [-0.4, -0.2) is 30.6 Å². The fourth-order valence-electron chi connectivity index (χ4n) is 2.91. The number of hydrogen-bond donors (Lipinski definition) is 2. The summed E-state index contributed by atoms with van der Waals surface area (Å²) in [7, 11) is 0. The number of ether oxygens (including phenoxy) is 2. The smallest absolute Gasteiger partial charge is 0.321 e. The number of esters is 1. The van der Waals surface area contributed by atoms with Crippen LogP contribution in [0.25, 0.3) is 0 Å². The fourth-order valence-corrected chi connectivity index (χ4v) is 2.91. The van der Waals surface area contributed by atoms with Gasteiger partial charge in [0.05, 0.1) is 0 Å². The maximum absolute atomic E-state index is 12.8. The predicted molar refractivity (Wildman–Crippen MR) is 102 cm³/mol. The van der Waals surface area contributed by atoms with Gasteiger partial charge < -0.3 is 14.8 Å². The summed E-state index contributed by atoms with van der Waals surface area (Å²) in [6.07, 6.45) is 0.735. The van der Waals surface area contributed by atoms with Gasteiger partial charge in [-0.1, -0.05) is 43.3 Å². The highest BCUT2D eigenvalue weighted by atomic mass is 16.5. The fraction of sp³-hybridized carbons (Fsp3) is 0.286. The van der Waals surface area contributed by atoms with Crippen LogP contribution in [-0.2, 0) is 14.3 Å².